The summed E-state index contributed by atoms with van der Waals surface area (Å²) in [4.78, 5) is 14.8. The van der Waals surface area contributed by atoms with Crippen LogP contribution >= 0.6 is 11.6 Å². The molecule has 0 fully saturated rings. The van der Waals surface area contributed by atoms with Crippen LogP contribution in [-0.4, -0.2) is 15.5 Å². The summed E-state index contributed by atoms with van der Waals surface area (Å²) in [7, 11) is 0. The van der Waals surface area contributed by atoms with Gasteiger partial charge in [0.25, 0.3) is 0 Å². The monoisotopic (exact) mass is 273 g/mol. The number of rotatable bonds is 4. The fourth-order valence-electron chi connectivity index (χ4n) is 1.77. The Labute approximate surface area is 106 Å². The van der Waals surface area contributed by atoms with E-state index in [0.29, 0.717) is 5.82 Å². The first kappa shape index (κ1) is 12.8. The molecule has 0 aliphatic carbocycles. The van der Waals surface area contributed by atoms with E-state index in [1.54, 1.807) is 0 Å². The van der Waals surface area contributed by atoms with E-state index in [-0.39, 0.29) is 29.9 Å². The smallest absolute Gasteiger partial charge is 0.219 e. The summed E-state index contributed by atoms with van der Waals surface area (Å²) in [6, 6.07) is 1.91. The zero-order valence-corrected chi connectivity index (χ0v) is 10.0. The van der Waals surface area contributed by atoms with Gasteiger partial charge in [-0.25, -0.2) is 13.8 Å². The van der Waals surface area contributed by atoms with Crippen molar-refractivity contribution in [2.45, 2.75) is 18.8 Å². The Morgan fingerprint density at radius 3 is 2.78 bits per heavy atom. The third-order valence-corrected chi connectivity index (χ3v) is 2.79. The van der Waals surface area contributed by atoms with Gasteiger partial charge in [0, 0.05) is 19.0 Å². The zero-order chi connectivity index (χ0) is 13.3. The third kappa shape index (κ3) is 2.28. The van der Waals surface area contributed by atoms with Crippen LogP contribution in [-0.2, 0) is 17.2 Å². The Hall–Kier alpha value is -1.69. The molecule has 0 aliphatic rings. The lowest BCUT2D eigenvalue weighted by Crippen LogP contribution is -2.14. The van der Waals surface area contributed by atoms with Crippen LogP contribution in [0.4, 0.5) is 8.78 Å². The van der Waals surface area contributed by atoms with Crippen LogP contribution in [0.15, 0.2) is 12.1 Å². The Kier molecular flexibility index (Phi) is 3.47. The van der Waals surface area contributed by atoms with Gasteiger partial charge in [0.05, 0.1) is 11.4 Å². The predicted octanol–water partition coefficient (Wildman–Crippen LogP) is 1.93. The van der Waals surface area contributed by atoms with E-state index in [2.05, 4.69) is 4.98 Å². The SMILES string of the molecule is NC(=O)CCn1c(CCl)nc2c(F)cc(F)cc21. The molecule has 0 bridgehead atoms. The van der Waals surface area contributed by atoms with Gasteiger partial charge in [-0.2, -0.15) is 0 Å². The van der Waals surface area contributed by atoms with Gasteiger partial charge in [0.1, 0.15) is 17.2 Å². The number of imidazole rings is 1. The Balaban J connectivity index is 2.57. The predicted molar refractivity (Wildman–Crippen MR) is 63.0 cm³/mol. The molecule has 0 aliphatic heterocycles. The van der Waals surface area contributed by atoms with Crippen molar-refractivity contribution < 1.29 is 13.6 Å². The molecule has 0 spiro atoms. The normalized spacial score (nSPS) is 11.1. The average molecular weight is 274 g/mol. The highest BCUT2D eigenvalue weighted by Gasteiger charge is 2.15. The molecule has 2 rings (SSSR count). The van der Waals surface area contributed by atoms with E-state index in [9.17, 15) is 13.6 Å². The van der Waals surface area contributed by atoms with Gasteiger partial charge < -0.3 is 10.3 Å². The number of halogens is 3. The Morgan fingerprint density at radius 2 is 2.17 bits per heavy atom. The second-order valence-corrected chi connectivity index (χ2v) is 4.05. The molecule has 1 aromatic heterocycles. The molecule has 18 heavy (non-hydrogen) atoms. The van der Waals surface area contributed by atoms with E-state index in [4.69, 9.17) is 17.3 Å². The van der Waals surface area contributed by atoms with Crippen molar-refractivity contribution in [2.75, 3.05) is 0 Å². The fourth-order valence-corrected chi connectivity index (χ4v) is 1.97. The summed E-state index contributed by atoms with van der Waals surface area (Å²) in [5.41, 5.74) is 5.36. The summed E-state index contributed by atoms with van der Waals surface area (Å²) in [6.45, 7) is 0.191. The molecular weight excluding hydrogens is 264 g/mol. The molecule has 1 aromatic carbocycles. The minimum absolute atomic E-state index is 0.0362. The molecule has 0 unspecified atom stereocenters. The highest BCUT2D eigenvalue weighted by molar-refractivity contribution is 6.16. The Morgan fingerprint density at radius 1 is 1.44 bits per heavy atom. The molecule has 0 radical (unpaired) electrons. The lowest BCUT2D eigenvalue weighted by Gasteiger charge is -2.05. The summed E-state index contributed by atoms with van der Waals surface area (Å²) in [5.74, 6) is -1.56. The molecule has 1 heterocycles. The molecular formula is C11H10ClF2N3O. The quantitative estimate of drug-likeness (QED) is 0.865. The van der Waals surface area contributed by atoms with E-state index in [1.165, 1.54) is 4.57 Å². The van der Waals surface area contributed by atoms with Gasteiger partial charge in [-0.1, -0.05) is 0 Å². The molecule has 2 N–H and O–H groups in total. The number of nitrogens with zero attached hydrogens (tertiary/aromatic N) is 2. The number of carbonyl (C=O) groups is 1. The second kappa shape index (κ2) is 4.89. The number of benzene rings is 1. The number of amides is 1. The van der Waals surface area contributed by atoms with E-state index in [1.807, 2.05) is 0 Å². The number of fused-ring (bicyclic) bond motifs is 1. The first-order valence-electron chi connectivity index (χ1n) is 5.21. The standard InChI is InChI=1S/C11H10ClF2N3O/c12-5-10-16-11-7(14)3-6(13)4-8(11)17(10)2-1-9(15)18/h3-4H,1-2,5H2,(H2,15,18). The number of primary amides is 1. The van der Waals surface area contributed by atoms with Crippen molar-refractivity contribution in [2.24, 2.45) is 5.73 Å². The molecule has 2 aromatic rings. The van der Waals surface area contributed by atoms with Crippen molar-refractivity contribution in [3.05, 3.63) is 29.6 Å². The topological polar surface area (TPSA) is 60.9 Å². The molecule has 1 amide bonds. The van der Waals surface area contributed by atoms with Crippen molar-refractivity contribution >= 4 is 28.5 Å². The zero-order valence-electron chi connectivity index (χ0n) is 9.29. The average Bonchev–Trinajstić information content (AvgIpc) is 2.64. The summed E-state index contributed by atoms with van der Waals surface area (Å²) in [6.07, 6.45) is 0.0491. The summed E-state index contributed by atoms with van der Waals surface area (Å²) in [5, 5.41) is 0. The van der Waals surface area contributed by atoms with Gasteiger partial charge in [0.2, 0.25) is 5.91 Å². The molecule has 4 nitrogen and oxygen atoms in total. The van der Waals surface area contributed by atoms with Gasteiger partial charge in [-0.3, -0.25) is 4.79 Å². The van der Waals surface area contributed by atoms with Crippen LogP contribution < -0.4 is 5.73 Å². The lowest BCUT2D eigenvalue weighted by molar-refractivity contribution is -0.118. The molecule has 7 heteroatoms. The summed E-state index contributed by atoms with van der Waals surface area (Å²) >= 11 is 5.70. The maximum absolute atomic E-state index is 13.5. The van der Waals surface area contributed by atoms with Crippen molar-refractivity contribution in [3.8, 4) is 0 Å². The van der Waals surface area contributed by atoms with Crippen LogP contribution in [0.3, 0.4) is 0 Å². The number of alkyl halides is 1. The molecule has 0 saturated heterocycles. The molecule has 0 saturated carbocycles. The lowest BCUT2D eigenvalue weighted by atomic mass is 10.3. The number of hydrogen-bond donors (Lipinski definition) is 1. The number of nitrogens with two attached hydrogens (primary N) is 1. The van der Waals surface area contributed by atoms with Gasteiger partial charge in [0.15, 0.2) is 5.82 Å². The van der Waals surface area contributed by atoms with Crippen LogP contribution in [0, 0.1) is 11.6 Å². The maximum Gasteiger partial charge on any atom is 0.219 e. The van der Waals surface area contributed by atoms with Crippen molar-refractivity contribution in [1.82, 2.24) is 9.55 Å². The third-order valence-electron chi connectivity index (χ3n) is 2.55. The number of carbonyl (C=O) groups excluding carboxylic acids is 1. The number of hydrogen-bond acceptors (Lipinski definition) is 2. The fraction of sp³-hybridized carbons (Fsp3) is 0.273. The van der Waals surface area contributed by atoms with Crippen molar-refractivity contribution in [3.63, 3.8) is 0 Å². The van der Waals surface area contributed by atoms with E-state index < -0.39 is 17.5 Å². The van der Waals surface area contributed by atoms with Crippen LogP contribution in [0.5, 0.6) is 0 Å². The molecule has 0 atom stereocenters. The first-order chi connectivity index (χ1) is 8.52. The van der Waals surface area contributed by atoms with Crippen LogP contribution in [0.1, 0.15) is 12.2 Å². The highest BCUT2D eigenvalue weighted by Crippen LogP contribution is 2.22. The minimum Gasteiger partial charge on any atom is -0.370 e. The van der Waals surface area contributed by atoms with E-state index >= 15 is 0 Å². The van der Waals surface area contributed by atoms with Gasteiger partial charge >= 0.3 is 0 Å². The Bertz CT molecular complexity index is 612. The first-order valence-corrected chi connectivity index (χ1v) is 5.75. The maximum atomic E-state index is 13.5. The van der Waals surface area contributed by atoms with Crippen molar-refractivity contribution in [1.29, 1.82) is 0 Å². The summed E-state index contributed by atoms with van der Waals surface area (Å²) < 4.78 is 28.2. The van der Waals surface area contributed by atoms with Crippen LogP contribution in [0.25, 0.3) is 11.0 Å². The number of aryl methyl sites for hydroxylation is 1. The van der Waals surface area contributed by atoms with Gasteiger partial charge in [-0.15, -0.1) is 11.6 Å². The highest BCUT2D eigenvalue weighted by atomic mass is 35.5. The number of aromatic nitrogens is 2. The van der Waals surface area contributed by atoms with E-state index in [0.717, 1.165) is 12.1 Å². The van der Waals surface area contributed by atoms with Crippen LogP contribution in [0.2, 0.25) is 0 Å². The van der Waals surface area contributed by atoms with Gasteiger partial charge in [-0.05, 0) is 6.07 Å². The second-order valence-electron chi connectivity index (χ2n) is 3.78. The molecule has 96 valence electrons. The minimum atomic E-state index is -0.755. The largest absolute Gasteiger partial charge is 0.370 e.